The highest BCUT2D eigenvalue weighted by Gasteiger charge is 2.16. The molecule has 0 bridgehead atoms. The molecule has 0 aliphatic carbocycles. The number of carboxylic acid groups (broad SMARTS) is 1. The van der Waals surface area contributed by atoms with Crippen LogP contribution >= 0.6 is 11.8 Å². The molecule has 3 aromatic rings. The molecule has 0 aliphatic heterocycles. The molecule has 0 spiro atoms. The van der Waals surface area contributed by atoms with Gasteiger partial charge in [0.25, 0.3) is 5.69 Å². The van der Waals surface area contributed by atoms with E-state index in [2.05, 4.69) is 19.9 Å². The van der Waals surface area contributed by atoms with E-state index in [-0.39, 0.29) is 27.3 Å². The number of nitro groups is 1. The molecule has 1 heterocycles. The van der Waals surface area contributed by atoms with Gasteiger partial charge >= 0.3 is 5.97 Å². The van der Waals surface area contributed by atoms with Crippen molar-refractivity contribution >= 4 is 33.4 Å². The number of rotatable bonds is 8. The van der Waals surface area contributed by atoms with Crippen molar-refractivity contribution in [3.63, 3.8) is 0 Å². The number of hydrogen-bond donors (Lipinski definition) is 3. The third-order valence-electron chi connectivity index (χ3n) is 3.97. The van der Waals surface area contributed by atoms with Crippen molar-refractivity contribution < 1.29 is 23.2 Å². The molecule has 0 aliphatic rings. The molecule has 0 amide bonds. The van der Waals surface area contributed by atoms with Crippen molar-refractivity contribution in [2.75, 3.05) is 12.8 Å². The number of nitrogens with one attached hydrogen (secondary N) is 2. The Bertz CT molecular complexity index is 1210. The van der Waals surface area contributed by atoms with Crippen LogP contribution < -0.4 is 4.72 Å². The summed E-state index contributed by atoms with van der Waals surface area (Å²) in [5.74, 6) is -0.988. The van der Waals surface area contributed by atoms with Gasteiger partial charge in [-0.05, 0) is 36.4 Å². The first-order chi connectivity index (χ1) is 14.2. The Hall–Kier alpha value is -3.29. The lowest BCUT2D eigenvalue weighted by atomic mass is 10.0. The zero-order valence-electron chi connectivity index (χ0n) is 15.4. The van der Waals surface area contributed by atoms with Gasteiger partial charge < -0.3 is 10.1 Å². The SMILES string of the molecule is CNS(=O)(=O)c1ccc(-c2cc(-c3nnc(SCC(=O)O)[nH]3)cc([N+](=O)[O-])c2)cc1. The number of carboxylic acids is 1. The first kappa shape index (κ1) is 21.4. The molecule has 3 rings (SSSR count). The number of nitrogens with zero attached hydrogens (tertiary/aromatic N) is 3. The lowest BCUT2D eigenvalue weighted by Crippen LogP contribution is -2.18. The number of nitro benzene ring substituents is 1. The topological polar surface area (TPSA) is 168 Å². The number of hydrogen-bond acceptors (Lipinski definition) is 8. The quantitative estimate of drug-likeness (QED) is 0.265. The summed E-state index contributed by atoms with van der Waals surface area (Å²) in [6.07, 6.45) is 0. The molecule has 30 heavy (non-hydrogen) atoms. The number of aromatic nitrogens is 3. The number of non-ortho nitro benzene ring substituents is 1. The maximum absolute atomic E-state index is 11.9. The second-order valence-corrected chi connectivity index (χ2v) is 8.77. The second kappa shape index (κ2) is 8.61. The second-order valence-electron chi connectivity index (χ2n) is 5.92. The number of aromatic amines is 1. The van der Waals surface area contributed by atoms with Gasteiger partial charge in [0.05, 0.1) is 15.6 Å². The van der Waals surface area contributed by atoms with Crippen molar-refractivity contribution in [1.82, 2.24) is 19.9 Å². The molecule has 1 aromatic heterocycles. The summed E-state index contributed by atoms with van der Waals surface area (Å²) in [6.45, 7) is 0. The molecular formula is C17H15N5O6S2. The van der Waals surface area contributed by atoms with E-state index in [4.69, 9.17) is 5.11 Å². The maximum Gasteiger partial charge on any atom is 0.313 e. The van der Waals surface area contributed by atoms with E-state index in [1.54, 1.807) is 18.2 Å². The Morgan fingerprint density at radius 3 is 2.43 bits per heavy atom. The summed E-state index contributed by atoms with van der Waals surface area (Å²) in [5, 5.41) is 28.2. The van der Waals surface area contributed by atoms with Crippen LogP contribution in [0.2, 0.25) is 0 Å². The van der Waals surface area contributed by atoms with E-state index in [1.807, 2.05) is 0 Å². The van der Waals surface area contributed by atoms with E-state index >= 15 is 0 Å². The predicted molar refractivity (Wildman–Crippen MR) is 109 cm³/mol. The number of H-pyrrole nitrogens is 1. The number of thioether (sulfide) groups is 1. The normalized spacial score (nSPS) is 11.4. The third-order valence-corrected chi connectivity index (χ3v) is 6.25. The molecule has 0 saturated carbocycles. The fourth-order valence-electron chi connectivity index (χ4n) is 2.54. The highest BCUT2D eigenvalue weighted by Crippen LogP contribution is 2.31. The Labute approximate surface area is 174 Å². The van der Waals surface area contributed by atoms with Crippen LogP contribution in [0.15, 0.2) is 52.5 Å². The number of benzene rings is 2. The Balaban J connectivity index is 2.00. The number of aliphatic carboxylic acids is 1. The van der Waals surface area contributed by atoms with Gasteiger partial charge in [-0.1, -0.05) is 23.9 Å². The highest BCUT2D eigenvalue weighted by atomic mass is 32.2. The van der Waals surface area contributed by atoms with E-state index in [0.29, 0.717) is 16.7 Å². The zero-order valence-corrected chi connectivity index (χ0v) is 17.0. The van der Waals surface area contributed by atoms with Gasteiger partial charge in [0.15, 0.2) is 11.0 Å². The molecule has 0 saturated heterocycles. The van der Waals surface area contributed by atoms with E-state index in [9.17, 15) is 23.3 Å². The summed E-state index contributed by atoms with van der Waals surface area (Å²) in [5.41, 5.74) is 1.23. The van der Waals surface area contributed by atoms with Crippen LogP contribution in [0.5, 0.6) is 0 Å². The molecule has 0 unspecified atom stereocenters. The maximum atomic E-state index is 11.9. The summed E-state index contributed by atoms with van der Waals surface area (Å²) in [4.78, 5) is 24.4. The summed E-state index contributed by atoms with van der Waals surface area (Å²) in [6, 6.07) is 10.2. The fraction of sp³-hybridized carbons (Fsp3) is 0.118. The zero-order chi connectivity index (χ0) is 21.9. The van der Waals surface area contributed by atoms with Crippen molar-refractivity contribution in [2.45, 2.75) is 10.1 Å². The van der Waals surface area contributed by atoms with Crippen LogP contribution in [0.3, 0.4) is 0 Å². The van der Waals surface area contributed by atoms with Gasteiger partial charge in [0.2, 0.25) is 10.0 Å². The number of carbonyl (C=O) groups is 1. The van der Waals surface area contributed by atoms with Gasteiger partial charge in [-0.25, -0.2) is 13.1 Å². The van der Waals surface area contributed by atoms with Crippen LogP contribution in [0.25, 0.3) is 22.5 Å². The first-order valence-corrected chi connectivity index (χ1v) is 10.8. The Morgan fingerprint density at radius 1 is 1.17 bits per heavy atom. The standard InChI is InChI=1S/C17H15N5O6S2/c1-18-30(27,28)14-4-2-10(3-5-14)11-6-12(8-13(7-11)22(25)26)16-19-17(21-20-16)29-9-15(23)24/h2-8,18H,9H2,1H3,(H,23,24)(H,19,20,21). The van der Waals surface area contributed by atoms with Crippen LogP contribution in [-0.4, -0.2) is 52.4 Å². The Kier molecular flexibility index (Phi) is 6.14. The van der Waals surface area contributed by atoms with Gasteiger partial charge in [-0.15, -0.1) is 10.2 Å². The minimum Gasteiger partial charge on any atom is -0.481 e. The van der Waals surface area contributed by atoms with Crippen LogP contribution in [0.4, 0.5) is 5.69 Å². The molecule has 2 aromatic carbocycles. The van der Waals surface area contributed by atoms with Crippen LogP contribution in [0, 0.1) is 10.1 Å². The van der Waals surface area contributed by atoms with Gasteiger partial charge in [0.1, 0.15) is 0 Å². The average molecular weight is 449 g/mol. The van der Waals surface area contributed by atoms with Crippen LogP contribution in [0.1, 0.15) is 0 Å². The fourth-order valence-corrected chi connectivity index (χ4v) is 3.79. The Morgan fingerprint density at radius 2 is 1.83 bits per heavy atom. The molecule has 11 nitrogen and oxygen atoms in total. The molecule has 156 valence electrons. The van der Waals surface area contributed by atoms with Gasteiger partial charge in [-0.3, -0.25) is 14.9 Å². The van der Waals surface area contributed by atoms with Crippen molar-refractivity contribution in [2.24, 2.45) is 0 Å². The summed E-state index contributed by atoms with van der Waals surface area (Å²) in [7, 11) is -2.30. The molecular weight excluding hydrogens is 434 g/mol. The van der Waals surface area contributed by atoms with Crippen molar-refractivity contribution in [3.8, 4) is 22.5 Å². The average Bonchev–Trinajstić information content (AvgIpc) is 3.21. The van der Waals surface area contributed by atoms with Gasteiger partial charge in [-0.2, -0.15) is 0 Å². The van der Waals surface area contributed by atoms with Gasteiger partial charge in [0, 0.05) is 17.7 Å². The van der Waals surface area contributed by atoms with E-state index < -0.39 is 20.9 Å². The minimum absolute atomic E-state index is 0.0646. The molecule has 0 atom stereocenters. The molecule has 0 fully saturated rings. The highest BCUT2D eigenvalue weighted by molar-refractivity contribution is 7.99. The van der Waals surface area contributed by atoms with Crippen LogP contribution in [-0.2, 0) is 14.8 Å². The van der Waals surface area contributed by atoms with Crippen molar-refractivity contribution in [3.05, 3.63) is 52.6 Å². The largest absolute Gasteiger partial charge is 0.481 e. The predicted octanol–water partition coefficient (Wildman–Crippen LogP) is 2.13. The monoisotopic (exact) mass is 449 g/mol. The first-order valence-electron chi connectivity index (χ1n) is 8.31. The minimum atomic E-state index is -3.60. The van der Waals surface area contributed by atoms with E-state index in [0.717, 1.165) is 11.8 Å². The van der Waals surface area contributed by atoms with Crippen molar-refractivity contribution in [1.29, 1.82) is 0 Å². The lowest BCUT2D eigenvalue weighted by Gasteiger charge is -2.07. The smallest absolute Gasteiger partial charge is 0.313 e. The molecule has 3 N–H and O–H groups in total. The summed E-state index contributed by atoms with van der Waals surface area (Å²) >= 11 is 0.936. The molecule has 0 radical (unpaired) electrons. The number of sulfonamides is 1. The lowest BCUT2D eigenvalue weighted by molar-refractivity contribution is -0.384. The summed E-state index contributed by atoms with van der Waals surface area (Å²) < 4.78 is 26.0. The third kappa shape index (κ3) is 4.82. The molecule has 13 heteroatoms. The van der Waals surface area contributed by atoms with E-state index in [1.165, 1.54) is 31.3 Å².